The summed E-state index contributed by atoms with van der Waals surface area (Å²) in [5.74, 6) is -0.591. The van der Waals surface area contributed by atoms with Gasteiger partial charge in [-0.25, -0.2) is 0 Å². The molecular weight excluding hydrogens is 304 g/mol. The Bertz CT molecular complexity index is 766. The third kappa shape index (κ3) is 3.48. The van der Waals surface area contributed by atoms with E-state index in [4.69, 9.17) is 0 Å². The Balaban J connectivity index is 1.46. The number of hydrogen-bond acceptors (Lipinski definition) is 3. The van der Waals surface area contributed by atoms with Crippen molar-refractivity contribution in [2.45, 2.75) is 39.2 Å². The molecule has 1 aliphatic rings. The van der Waals surface area contributed by atoms with Crippen LogP contribution in [0.1, 0.15) is 35.7 Å². The topological polar surface area (TPSA) is 76.0 Å². The number of carbonyl (C=O) groups excluding carboxylic acids is 2. The molecule has 0 spiro atoms. The summed E-state index contributed by atoms with van der Waals surface area (Å²) in [7, 11) is 0. The van der Waals surface area contributed by atoms with Gasteiger partial charge in [-0.15, -0.1) is 0 Å². The van der Waals surface area contributed by atoms with Crippen LogP contribution < -0.4 is 10.6 Å². The van der Waals surface area contributed by atoms with Crippen LogP contribution in [0.3, 0.4) is 0 Å². The van der Waals surface area contributed by atoms with Crippen molar-refractivity contribution in [3.63, 3.8) is 0 Å². The van der Waals surface area contributed by atoms with Gasteiger partial charge in [0.25, 0.3) is 0 Å². The molecule has 24 heavy (non-hydrogen) atoms. The summed E-state index contributed by atoms with van der Waals surface area (Å²) in [5, 5.41) is 10.1. The highest BCUT2D eigenvalue weighted by Gasteiger charge is 2.31. The molecule has 3 rings (SSSR count). The number of benzene rings is 1. The highest BCUT2D eigenvalue weighted by atomic mass is 16.2. The number of amides is 2. The predicted molar refractivity (Wildman–Crippen MR) is 91.8 cm³/mol. The van der Waals surface area contributed by atoms with Gasteiger partial charge in [-0.1, -0.05) is 18.2 Å². The number of aromatic nitrogens is 2. The molecule has 126 valence electrons. The number of anilines is 1. The van der Waals surface area contributed by atoms with Gasteiger partial charge < -0.3 is 10.6 Å². The zero-order chi connectivity index (χ0) is 17.1. The van der Waals surface area contributed by atoms with Crippen LogP contribution >= 0.6 is 0 Å². The molecule has 1 aliphatic heterocycles. The van der Waals surface area contributed by atoms with E-state index in [1.165, 1.54) is 0 Å². The first-order valence-electron chi connectivity index (χ1n) is 8.22. The second-order valence-electron chi connectivity index (χ2n) is 6.19. The molecule has 0 bridgehead atoms. The standard InChI is InChI=1S/C18H22N4O2/c1-12-10-13(2)22(21-12)9-5-8-19-17(23)11-15-14-6-3-4-7-16(14)20-18(15)24/h3-4,6-7,10,15H,5,8-9,11H2,1-2H3,(H,19,23)(H,20,24). The van der Waals surface area contributed by atoms with Crippen LogP contribution in [0.5, 0.6) is 0 Å². The van der Waals surface area contributed by atoms with Gasteiger partial charge in [0, 0.05) is 30.9 Å². The molecule has 1 atom stereocenters. The van der Waals surface area contributed by atoms with Crippen LogP contribution in [0, 0.1) is 13.8 Å². The molecule has 0 radical (unpaired) electrons. The molecule has 0 aliphatic carbocycles. The number of aryl methyl sites for hydroxylation is 3. The first-order valence-corrected chi connectivity index (χ1v) is 8.22. The fraction of sp³-hybridized carbons (Fsp3) is 0.389. The average Bonchev–Trinajstić information content (AvgIpc) is 3.03. The van der Waals surface area contributed by atoms with E-state index in [1.54, 1.807) is 0 Å². The minimum Gasteiger partial charge on any atom is -0.356 e. The molecule has 2 heterocycles. The van der Waals surface area contributed by atoms with Crippen LogP contribution in [0.15, 0.2) is 30.3 Å². The van der Waals surface area contributed by atoms with Crippen LogP contribution in [0.2, 0.25) is 0 Å². The molecule has 2 amide bonds. The number of nitrogens with one attached hydrogen (secondary N) is 2. The third-order valence-electron chi connectivity index (χ3n) is 4.27. The van der Waals surface area contributed by atoms with Gasteiger partial charge in [0.2, 0.25) is 11.8 Å². The van der Waals surface area contributed by atoms with Gasteiger partial charge in [-0.05, 0) is 38.0 Å². The Morgan fingerprint density at radius 3 is 2.88 bits per heavy atom. The Kier molecular flexibility index (Phi) is 4.64. The molecular formula is C18H22N4O2. The summed E-state index contributed by atoms with van der Waals surface area (Å²) in [5.41, 5.74) is 3.84. The summed E-state index contributed by atoms with van der Waals surface area (Å²) in [6.07, 6.45) is 0.990. The highest BCUT2D eigenvalue weighted by Crippen LogP contribution is 2.34. The molecule has 6 nitrogen and oxygen atoms in total. The lowest BCUT2D eigenvalue weighted by atomic mass is 9.97. The zero-order valence-corrected chi connectivity index (χ0v) is 14.0. The van der Waals surface area contributed by atoms with Gasteiger partial charge in [0.05, 0.1) is 11.6 Å². The van der Waals surface area contributed by atoms with Crippen molar-refractivity contribution in [2.75, 3.05) is 11.9 Å². The second kappa shape index (κ2) is 6.86. The van der Waals surface area contributed by atoms with Crippen molar-refractivity contribution < 1.29 is 9.59 Å². The lowest BCUT2D eigenvalue weighted by Crippen LogP contribution is -2.28. The molecule has 2 N–H and O–H groups in total. The number of rotatable bonds is 6. The van der Waals surface area contributed by atoms with Crippen molar-refractivity contribution in [3.8, 4) is 0 Å². The van der Waals surface area contributed by atoms with Crippen molar-refractivity contribution in [3.05, 3.63) is 47.3 Å². The minimum absolute atomic E-state index is 0.0970. The second-order valence-corrected chi connectivity index (χ2v) is 6.19. The van der Waals surface area contributed by atoms with E-state index < -0.39 is 5.92 Å². The summed E-state index contributed by atoms with van der Waals surface area (Å²) in [4.78, 5) is 24.1. The third-order valence-corrected chi connectivity index (χ3v) is 4.27. The van der Waals surface area contributed by atoms with E-state index in [1.807, 2.05) is 48.9 Å². The highest BCUT2D eigenvalue weighted by molar-refractivity contribution is 6.04. The van der Waals surface area contributed by atoms with E-state index >= 15 is 0 Å². The molecule has 1 aromatic heterocycles. The Morgan fingerprint density at radius 2 is 2.12 bits per heavy atom. The quantitative estimate of drug-likeness (QED) is 0.799. The van der Waals surface area contributed by atoms with Gasteiger partial charge in [-0.3, -0.25) is 14.3 Å². The van der Waals surface area contributed by atoms with Crippen LogP contribution in [-0.4, -0.2) is 28.1 Å². The van der Waals surface area contributed by atoms with E-state index in [-0.39, 0.29) is 18.2 Å². The van der Waals surface area contributed by atoms with Crippen molar-refractivity contribution in [1.82, 2.24) is 15.1 Å². The van der Waals surface area contributed by atoms with Crippen molar-refractivity contribution in [1.29, 1.82) is 0 Å². The fourth-order valence-electron chi connectivity index (χ4n) is 3.09. The maximum Gasteiger partial charge on any atom is 0.232 e. The summed E-state index contributed by atoms with van der Waals surface area (Å²) in [6.45, 7) is 5.34. The molecule has 1 unspecified atom stereocenters. The molecule has 1 aromatic carbocycles. The SMILES string of the molecule is Cc1cc(C)n(CCCNC(=O)CC2C(=O)Nc3ccccc32)n1. The number of nitrogens with zero attached hydrogens (tertiary/aromatic N) is 2. The van der Waals surface area contributed by atoms with Crippen molar-refractivity contribution in [2.24, 2.45) is 0 Å². The number of para-hydroxylation sites is 1. The summed E-state index contributed by atoms with van der Waals surface area (Å²) < 4.78 is 1.95. The number of fused-ring (bicyclic) bond motifs is 1. The Hall–Kier alpha value is -2.63. The zero-order valence-electron chi connectivity index (χ0n) is 14.0. The normalized spacial score (nSPS) is 15.9. The summed E-state index contributed by atoms with van der Waals surface area (Å²) in [6, 6.07) is 9.56. The van der Waals surface area contributed by atoms with E-state index in [0.29, 0.717) is 6.54 Å². The maximum atomic E-state index is 12.1. The molecule has 0 saturated carbocycles. The largest absolute Gasteiger partial charge is 0.356 e. The van der Waals surface area contributed by atoms with Gasteiger partial charge in [0.15, 0.2) is 0 Å². The Morgan fingerprint density at radius 1 is 1.33 bits per heavy atom. The molecule has 0 fully saturated rings. The van der Waals surface area contributed by atoms with Crippen LogP contribution in [0.4, 0.5) is 5.69 Å². The van der Waals surface area contributed by atoms with E-state index in [0.717, 1.165) is 35.6 Å². The lowest BCUT2D eigenvalue weighted by molar-refractivity contribution is -0.125. The lowest BCUT2D eigenvalue weighted by Gasteiger charge is -2.10. The number of hydrogen-bond donors (Lipinski definition) is 2. The minimum atomic E-state index is -0.391. The first kappa shape index (κ1) is 16.2. The van der Waals surface area contributed by atoms with Gasteiger partial charge in [-0.2, -0.15) is 5.10 Å². The van der Waals surface area contributed by atoms with Crippen molar-refractivity contribution >= 4 is 17.5 Å². The van der Waals surface area contributed by atoms with Gasteiger partial charge in [0.1, 0.15) is 0 Å². The molecule has 0 saturated heterocycles. The average molecular weight is 326 g/mol. The maximum absolute atomic E-state index is 12.1. The molecule has 2 aromatic rings. The fourth-order valence-corrected chi connectivity index (χ4v) is 3.09. The first-order chi connectivity index (χ1) is 11.5. The molecule has 6 heteroatoms. The van der Waals surface area contributed by atoms with E-state index in [2.05, 4.69) is 15.7 Å². The van der Waals surface area contributed by atoms with Gasteiger partial charge >= 0.3 is 0 Å². The Labute approximate surface area is 141 Å². The van der Waals surface area contributed by atoms with E-state index in [9.17, 15) is 9.59 Å². The van der Waals surface area contributed by atoms with Crippen LogP contribution in [-0.2, 0) is 16.1 Å². The van der Waals surface area contributed by atoms with Crippen LogP contribution in [0.25, 0.3) is 0 Å². The monoisotopic (exact) mass is 326 g/mol. The smallest absolute Gasteiger partial charge is 0.232 e. The summed E-state index contributed by atoms with van der Waals surface area (Å²) >= 11 is 0. The number of carbonyl (C=O) groups is 2. The predicted octanol–water partition coefficient (Wildman–Crippen LogP) is 2.13.